The molecular weight excluding hydrogens is 378 g/mol. The molecule has 2 aromatic carbocycles. The molecule has 142 valence electrons. The Labute approximate surface area is 170 Å². The Morgan fingerprint density at radius 1 is 1.19 bits per heavy atom. The molecule has 0 aromatic heterocycles. The minimum absolute atomic E-state index is 0.127. The number of thiocarbonyl (C=S) groups is 1. The molecule has 7 heteroatoms. The van der Waals surface area contributed by atoms with Gasteiger partial charge in [0, 0.05) is 44.0 Å². The Morgan fingerprint density at radius 3 is 2.52 bits per heavy atom. The molecular formula is C20H24ClN5S. The number of nitrogens with two attached hydrogens (primary N) is 1. The quantitative estimate of drug-likeness (QED) is 0.458. The van der Waals surface area contributed by atoms with Gasteiger partial charge in [0.1, 0.15) is 0 Å². The maximum absolute atomic E-state index is 6.39. The van der Waals surface area contributed by atoms with Crippen LogP contribution in [0.2, 0.25) is 5.02 Å². The summed E-state index contributed by atoms with van der Waals surface area (Å²) in [7, 11) is 0. The first-order valence-electron chi connectivity index (χ1n) is 8.92. The Balaban J connectivity index is 1.56. The highest BCUT2D eigenvalue weighted by molar-refractivity contribution is 7.80. The summed E-state index contributed by atoms with van der Waals surface area (Å²) >= 11 is 11.1. The molecule has 1 aliphatic heterocycles. The number of nitrogens with one attached hydrogen (secondary N) is 1. The summed E-state index contributed by atoms with van der Waals surface area (Å²) < 4.78 is 0. The van der Waals surface area contributed by atoms with Crippen molar-refractivity contribution in [1.82, 2.24) is 10.3 Å². The SMILES string of the molecule is Cc1ccc(CN2CCN(c3ccc(/C=N/NC(N)=S)c(Cl)c3)CC2)cc1. The van der Waals surface area contributed by atoms with E-state index in [0.29, 0.717) is 5.02 Å². The number of halogens is 1. The third-order valence-electron chi connectivity index (χ3n) is 4.63. The molecule has 1 saturated heterocycles. The van der Waals surface area contributed by atoms with Crippen molar-refractivity contribution in [1.29, 1.82) is 0 Å². The van der Waals surface area contributed by atoms with Crippen molar-refractivity contribution in [3.63, 3.8) is 0 Å². The van der Waals surface area contributed by atoms with Gasteiger partial charge >= 0.3 is 0 Å². The van der Waals surface area contributed by atoms with E-state index in [4.69, 9.17) is 29.6 Å². The smallest absolute Gasteiger partial charge is 0.184 e. The van der Waals surface area contributed by atoms with Crippen LogP contribution in [0.5, 0.6) is 0 Å². The van der Waals surface area contributed by atoms with Crippen LogP contribution in [0.25, 0.3) is 0 Å². The number of piperazine rings is 1. The predicted octanol–water partition coefficient (Wildman–Crippen LogP) is 3.14. The van der Waals surface area contributed by atoms with Gasteiger partial charge in [-0.05, 0) is 42.9 Å². The lowest BCUT2D eigenvalue weighted by Crippen LogP contribution is -2.45. The molecule has 1 fully saturated rings. The van der Waals surface area contributed by atoms with Crippen LogP contribution in [0, 0.1) is 6.92 Å². The maximum atomic E-state index is 6.39. The lowest BCUT2D eigenvalue weighted by molar-refractivity contribution is 0.250. The number of benzene rings is 2. The number of anilines is 1. The lowest BCUT2D eigenvalue weighted by atomic mass is 10.1. The second-order valence-electron chi connectivity index (χ2n) is 6.69. The zero-order valence-corrected chi connectivity index (χ0v) is 16.9. The van der Waals surface area contributed by atoms with Crippen molar-refractivity contribution in [3.05, 3.63) is 64.2 Å². The van der Waals surface area contributed by atoms with Crippen molar-refractivity contribution >= 4 is 40.8 Å². The van der Waals surface area contributed by atoms with E-state index in [0.717, 1.165) is 44.0 Å². The van der Waals surface area contributed by atoms with E-state index in [-0.39, 0.29) is 5.11 Å². The summed E-state index contributed by atoms with van der Waals surface area (Å²) in [5.41, 5.74) is 12.5. The molecule has 0 spiro atoms. The van der Waals surface area contributed by atoms with Gasteiger partial charge in [-0.15, -0.1) is 0 Å². The van der Waals surface area contributed by atoms with Crippen LogP contribution in [0.3, 0.4) is 0 Å². The van der Waals surface area contributed by atoms with Crippen molar-refractivity contribution in [3.8, 4) is 0 Å². The maximum Gasteiger partial charge on any atom is 0.184 e. The van der Waals surface area contributed by atoms with Crippen LogP contribution in [0.1, 0.15) is 16.7 Å². The largest absolute Gasteiger partial charge is 0.375 e. The second-order valence-corrected chi connectivity index (χ2v) is 7.54. The van der Waals surface area contributed by atoms with Gasteiger partial charge in [0.25, 0.3) is 0 Å². The van der Waals surface area contributed by atoms with Crippen molar-refractivity contribution in [2.45, 2.75) is 13.5 Å². The molecule has 3 N–H and O–H groups in total. The summed E-state index contributed by atoms with van der Waals surface area (Å²) in [6.45, 7) is 7.16. The number of hydrazone groups is 1. The normalized spacial score (nSPS) is 15.3. The highest BCUT2D eigenvalue weighted by Gasteiger charge is 2.18. The molecule has 0 unspecified atom stereocenters. The van der Waals surface area contributed by atoms with Crippen LogP contribution in [0.4, 0.5) is 5.69 Å². The average molecular weight is 402 g/mol. The average Bonchev–Trinajstić information content (AvgIpc) is 2.65. The van der Waals surface area contributed by atoms with E-state index < -0.39 is 0 Å². The van der Waals surface area contributed by atoms with Gasteiger partial charge in [-0.3, -0.25) is 10.3 Å². The van der Waals surface area contributed by atoms with Gasteiger partial charge in [-0.2, -0.15) is 5.10 Å². The fraction of sp³-hybridized carbons (Fsp3) is 0.300. The third kappa shape index (κ3) is 5.66. The number of hydrogen-bond donors (Lipinski definition) is 2. The highest BCUT2D eigenvalue weighted by atomic mass is 35.5. The fourth-order valence-corrected chi connectivity index (χ4v) is 3.38. The highest BCUT2D eigenvalue weighted by Crippen LogP contribution is 2.24. The molecule has 0 amide bonds. The van der Waals surface area contributed by atoms with Crippen LogP contribution in [0.15, 0.2) is 47.6 Å². The monoisotopic (exact) mass is 401 g/mol. The van der Waals surface area contributed by atoms with Gasteiger partial charge in [0.15, 0.2) is 5.11 Å². The summed E-state index contributed by atoms with van der Waals surface area (Å²) in [5.74, 6) is 0. The van der Waals surface area contributed by atoms with E-state index in [1.54, 1.807) is 6.21 Å². The molecule has 2 aromatic rings. The Kier molecular flexibility index (Phi) is 6.66. The number of hydrogen-bond acceptors (Lipinski definition) is 4. The molecule has 5 nitrogen and oxygen atoms in total. The van der Waals surface area contributed by atoms with E-state index >= 15 is 0 Å². The Bertz CT molecular complexity index is 814. The Hall–Kier alpha value is -2.15. The molecule has 3 rings (SSSR count). The van der Waals surface area contributed by atoms with E-state index in [1.807, 2.05) is 12.1 Å². The molecule has 0 radical (unpaired) electrons. The molecule has 0 aliphatic carbocycles. The molecule has 0 atom stereocenters. The van der Waals surface area contributed by atoms with Gasteiger partial charge in [-0.25, -0.2) is 0 Å². The van der Waals surface area contributed by atoms with Gasteiger partial charge in [0.05, 0.1) is 11.2 Å². The standard InChI is InChI=1S/C20H24ClN5S/c1-15-2-4-16(5-3-15)14-25-8-10-26(11-9-25)18-7-6-17(19(21)12-18)13-23-24-20(22)27/h2-7,12-13H,8-11,14H2,1H3,(H3,22,24,27)/b23-13+. The zero-order chi connectivity index (χ0) is 19.2. The number of rotatable bonds is 5. The minimum atomic E-state index is 0.127. The second kappa shape index (κ2) is 9.17. The van der Waals surface area contributed by atoms with Crippen LogP contribution >= 0.6 is 23.8 Å². The molecule has 1 aliphatic rings. The molecule has 0 saturated carbocycles. The van der Waals surface area contributed by atoms with Crippen LogP contribution < -0.4 is 16.1 Å². The topological polar surface area (TPSA) is 56.9 Å². The summed E-state index contributed by atoms with van der Waals surface area (Å²) in [5, 5.41) is 4.74. The number of nitrogens with zero attached hydrogens (tertiary/aromatic N) is 3. The molecule has 27 heavy (non-hydrogen) atoms. The van der Waals surface area contributed by atoms with Crippen molar-refractivity contribution < 1.29 is 0 Å². The van der Waals surface area contributed by atoms with E-state index in [2.05, 4.69) is 57.6 Å². The Morgan fingerprint density at radius 2 is 1.89 bits per heavy atom. The summed E-state index contributed by atoms with van der Waals surface area (Å²) in [4.78, 5) is 4.86. The third-order valence-corrected chi connectivity index (χ3v) is 5.05. The first-order valence-corrected chi connectivity index (χ1v) is 9.71. The van der Waals surface area contributed by atoms with Crippen molar-refractivity contribution in [2.75, 3.05) is 31.1 Å². The number of aryl methyl sites for hydroxylation is 1. The van der Waals surface area contributed by atoms with Crippen LogP contribution in [-0.2, 0) is 6.54 Å². The van der Waals surface area contributed by atoms with Crippen LogP contribution in [-0.4, -0.2) is 42.4 Å². The summed E-state index contributed by atoms with van der Waals surface area (Å²) in [6.07, 6.45) is 1.62. The minimum Gasteiger partial charge on any atom is -0.375 e. The van der Waals surface area contributed by atoms with E-state index in [9.17, 15) is 0 Å². The first-order chi connectivity index (χ1) is 13.0. The summed E-state index contributed by atoms with van der Waals surface area (Å²) in [6, 6.07) is 14.8. The van der Waals surface area contributed by atoms with Gasteiger partial charge in [-0.1, -0.05) is 41.4 Å². The fourth-order valence-electron chi connectivity index (χ4n) is 3.10. The predicted molar refractivity (Wildman–Crippen MR) is 118 cm³/mol. The van der Waals surface area contributed by atoms with Gasteiger partial charge in [0.2, 0.25) is 0 Å². The van der Waals surface area contributed by atoms with E-state index in [1.165, 1.54) is 11.1 Å². The molecule has 1 heterocycles. The molecule has 0 bridgehead atoms. The first kappa shape index (κ1) is 19.6. The van der Waals surface area contributed by atoms with Gasteiger partial charge < -0.3 is 10.6 Å². The van der Waals surface area contributed by atoms with Crippen molar-refractivity contribution in [2.24, 2.45) is 10.8 Å². The zero-order valence-electron chi connectivity index (χ0n) is 15.4. The lowest BCUT2D eigenvalue weighted by Gasteiger charge is -2.36.